The fraction of sp³-hybridized carbons (Fsp3) is 0.933. The predicted octanol–water partition coefficient (Wildman–Crippen LogP) is 1.65. The van der Waals surface area contributed by atoms with Gasteiger partial charge in [0.15, 0.2) is 0 Å². The van der Waals surface area contributed by atoms with E-state index in [0.29, 0.717) is 19.8 Å². The van der Waals surface area contributed by atoms with E-state index in [1.807, 2.05) is 4.90 Å². The third-order valence-electron chi connectivity index (χ3n) is 5.07. The molecule has 5 nitrogen and oxygen atoms in total. The molecule has 2 heterocycles. The zero-order chi connectivity index (χ0) is 14.0. The van der Waals surface area contributed by atoms with Crippen LogP contribution in [-0.2, 0) is 14.3 Å². The summed E-state index contributed by atoms with van der Waals surface area (Å²) in [5.74, 6) is -0.782. The number of morpholine rings is 1. The van der Waals surface area contributed by atoms with Crippen molar-refractivity contribution >= 4 is 5.97 Å². The summed E-state index contributed by atoms with van der Waals surface area (Å²) in [4.78, 5) is 13.3. The van der Waals surface area contributed by atoms with Gasteiger partial charge in [-0.1, -0.05) is 19.3 Å². The van der Waals surface area contributed by atoms with Crippen LogP contribution in [0.15, 0.2) is 0 Å². The van der Waals surface area contributed by atoms with Crippen molar-refractivity contribution in [2.45, 2.75) is 62.7 Å². The maximum absolute atomic E-state index is 11.3. The number of aliphatic carboxylic acids is 1. The Kier molecular flexibility index (Phi) is 4.29. The van der Waals surface area contributed by atoms with Crippen molar-refractivity contribution < 1.29 is 19.4 Å². The molecule has 5 heteroatoms. The summed E-state index contributed by atoms with van der Waals surface area (Å²) in [6.45, 7) is 2.36. The Labute approximate surface area is 120 Å². The summed E-state index contributed by atoms with van der Waals surface area (Å²) >= 11 is 0. The smallest absolute Gasteiger partial charge is 0.323 e. The Morgan fingerprint density at radius 1 is 1.25 bits per heavy atom. The molecule has 1 aliphatic carbocycles. The summed E-state index contributed by atoms with van der Waals surface area (Å²) in [6, 6.07) is -0.504. The molecule has 0 aromatic heterocycles. The number of nitrogens with zero attached hydrogens (tertiary/aromatic N) is 1. The molecular formula is C15H25NO4. The molecule has 0 bridgehead atoms. The Morgan fingerprint density at radius 3 is 2.80 bits per heavy atom. The average Bonchev–Trinajstić information content (AvgIpc) is 2.82. The number of rotatable bonds is 3. The van der Waals surface area contributed by atoms with Crippen LogP contribution >= 0.6 is 0 Å². The lowest BCUT2D eigenvalue weighted by molar-refractivity contribution is -0.152. The molecule has 0 aromatic carbocycles. The number of carboxylic acid groups (broad SMARTS) is 1. The molecule has 0 aromatic rings. The number of carbonyl (C=O) groups is 1. The van der Waals surface area contributed by atoms with Gasteiger partial charge in [-0.05, 0) is 25.7 Å². The minimum atomic E-state index is -0.782. The number of ether oxygens (including phenoxy) is 2. The van der Waals surface area contributed by atoms with Crippen LogP contribution in [-0.4, -0.2) is 60.0 Å². The lowest BCUT2D eigenvalue weighted by Crippen LogP contribution is -2.52. The van der Waals surface area contributed by atoms with Crippen LogP contribution in [0.4, 0.5) is 0 Å². The predicted molar refractivity (Wildman–Crippen MR) is 73.7 cm³/mol. The van der Waals surface area contributed by atoms with Crippen LogP contribution in [0.1, 0.15) is 44.9 Å². The summed E-state index contributed by atoms with van der Waals surface area (Å²) < 4.78 is 11.6. The largest absolute Gasteiger partial charge is 0.480 e. The minimum absolute atomic E-state index is 0.119. The lowest BCUT2D eigenvalue weighted by Gasteiger charge is -2.36. The highest BCUT2D eigenvalue weighted by Gasteiger charge is 2.42. The molecule has 1 N–H and O–H groups in total. The molecule has 3 aliphatic rings. The van der Waals surface area contributed by atoms with Crippen molar-refractivity contribution in [2.24, 2.45) is 0 Å². The van der Waals surface area contributed by atoms with E-state index in [9.17, 15) is 9.90 Å². The van der Waals surface area contributed by atoms with E-state index in [1.54, 1.807) is 0 Å². The van der Waals surface area contributed by atoms with Crippen molar-refractivity contribution in [2.75, 3.05) is 26.3 Å². The van der Waals surface area contributed by atoms with Gasteiger partial charge in [-0.25, -0.2) is 0 Å². The van der Waals surface area contributed by atoms with Crippen LogP contribution in [0.25, 0.3) is 0 Å². The van der Waals surface area contributed by atoms with Gasteiger partial charge < -0.3 is 14.6 Å². The van der Waals surface area contributed by atoms with E-state index in [0.717, 1.165) is 19.4 Å². The highest BCUT2D eigenvalue weighted by atomic mass is 16.5. The third kappa shape index (κ3) is 3.00. The van der Waals surface area contributed by atoms with Gasteiger partial charge in [-0.3, -0.25) is 9.69 Å². The molecule has 114 valence electrons. The second-order valence-corrected chi connectivity index (χ2v) is 6.45. The molecule has 0 radical (unpaired) electrons. The normalized spacial score (nSPS) is 34.4. The van der Waals surface area contributed by atoms with Gasteiger partial charge in [0.25, 0.3) is 0 Å². The molecule has 2 unspecified atom stereocenters. The molecule has 0 amide bonds. The minimum Gasteiger partial charge on any atom is -0.480 e. The van der Waals surface area contributed by atoms with E-state index < -0.39 is 12.0 Å². The first-order valence-electron chi connectivity index (χ1n) is 7.91. The molecule has 2 atom stereocenters. The van der Waals surface area contributed by atoms with Gasteiger partial charge in [0.05, 0.1) is 24.9 Å². The molecule has 2 aliphatic heterocycles. The monoisotopic (exact) mass is 283 g/mol. The van der Waals surface area contributed by atoms with E-state index in [4.69, 9.17) is 9.47 Å². The van der Waals surface area contributed by atoms with E-state index in [1.165, 1.54) is 32.1 Å². The van der Waals surface area contributed by atoms with E-state index >= 15 is 0 Å². The van der Waals surface area contributed by atoms with Crippen molar-refractivity contribution in [3.63, 3.8) is 0 Å². The zero-order valence-corrected chi connectivity index (χ0v) is 12.1. The molecular weight excluding hydrogens is 258 g/mol. The quantitative estimate of drug-likeness (QED) is 0.853. The molecule has 1 saturated carbocycles. The topological polar surface area (TPSA) is 59.0 Å². The van der Waals surface area contributed by atoms with Crippen molar-refractivity contribution in [3.05, 3.63) is 0 Å². The Bertz CT molecular complexity index is 354. The van der Waals surface area contributed by atoms with Gasteiger partial charge in [0, 0.05) is 13.1 Å². The van der Waals surface area contributed by atoms with Crippen molar-refractivity contribution in [3.8, 4) is 0 Å². The van der Waals surface area contributed by atoms with E-state index in [-0.39, 0.29) is 11.7 Å². The van der Waals surface area contributed by atoms with Crippen LogP contribution < -0.4 is 0 Å². The second-order valence-electron chi connectivity index (χ2n) is 6.45. The zero-order valence-electron chi connectivity index (χ0n) is 12.1. The molecule has 1 spiro atoms. The van der Waals surface area contributed by atoms with Gasteiger partial charge in [-0.15, -0.1) is 0 Å². The maximum Gasteiger partial charge on any atom is 0.323 e. The van der Waals surface area contributed by atoms with Crippen molar-refractivity contribution in [1.82, 2.24) is 4.90 Å². The fourth-order valence-electron chi connectivity index (χ4n) is 3.93. The molecule has 2 saturated heterocycles. The maximum atomic E-state index is 11.3. The number of hydrogen-bond donors (Lipinski definition) is 1. The summed E-state index contributed by atoms with van der Waals surface area (Å²) in [6.07, 6.45) is 8.70. The van der Waals surface area contributed by atoms with Gasteiger partial charge in [0.2, 0.25) is 0 Å². The van der Waals surface area contributed by atoms with Crippen molar-refractivity contribution in [1.29, 1.82) is 0 Å². The lowest BCUT2D eigenvalue weighted by atomic mass is 9.83. The highest BCUT2D eigenvalue weighted by molar-refractivity contribution is 5.73. The third-order valence-corrected chi connectivity index (χ3v) is 5.07. The average molecular weight is 283 g/mol. The highest BCUT2D eigenvalue weighted by Crippen LogP contribution is 2.42. The van der Waals surface area contributed by atoms with Crippen LogP contribution in [0.2, 0.25) is 0 Å². The summed E-state index contributed by atoms with van der Waals surface area (Å²) in [5, 5.41) is 9.26. The molecule has 20 heavy (non-hydrogen) atoms. The van der Waals surface area contributed by atoms with Crippen LogP contribution in [0.5, 0.6) is 0 Å². The van der Waals surface area contributed by atoms with Gasteiger partial charge >= 0.3 is 5.97 Å². The Balaban J connectivity index is 1.56. The Hall–Kier alpha value is -0.650. The summed E-state index contributed by atoms with van der Waals surface area (Å²) in [5.41, 5.74) is 0.119. The first-order valence-corrected chi connectivity index (χ1v) is 7.91. The van der Waals surface area contributed by atoms with Gasteiger partial charge in [-0.2, -0.15) is 0 Å². The second kappa shape index (κ2) is 6.00. The number of hydrogen-bond acceptors (Lipinski definition) is 4. The molecule has 3 fully saturated rings. The molecule has 3 rings (SSSR count). The van der Waals surface area contributed by atoms with E-state index in [2.05, 4.69) is 0 Å². The van der Waals surface area contributed by atoms with Crippen LogP contribution in [0.3, 0.4) is 0 Å². The first kappa shape index (κ1) is 14.3. The number of carboxylic acids is 1. The fourth-order valence-corrected chi connectivity index (χ4v) is 3.93. The summed E-state index contributed by atoms with van der Waals surface area (Å²) in [7, 11) is 0. The van der Waals surface area contributed by atoms with Gasteiger partial charge in [0.1, 0.15) is 6.04 Å². The van der Waals surface area contributed by atoms with Crippen LogP contribution in [0, 0.1) is 0 Å². The Morgan fingerprint density at radius 2 is 2.05 bits per heavy atom. The standard InChI is InChI=1S/C15H25NO4/c17-14(18)13-11-19-9-8-16(13)10-12-4-7-15(20-12)5-2-1-3-6-15/h12-13H,1-11H2,(H,17,18). The SMILES string of the molecule is O=C(O)C1COCCN1CC1CCC2(CCCCC2)O1. The first-order chi connectivity index (χ1) is 9.69.